The van der Waals surface area contributed by atoms with Gasteiger partial charge in [-0.15, -0.1) is 0 Å². The first-order chi connectivity index (χ1) is 9.52. The summed E-state index contributed by atoms with van der Waals surface area (Å²) in [6.45, 7) is 7.14. The number of nitrogens with one attached hydrogen (secondary N) is 1. The van der Waals surface area contributed by atoms with E-state index in [-0.39, 0.29) is 18.2 Å². The lowest BCUT2D eigenvalue weighted by Gasteiger charge is -2.37. The number of aryl methyl sites for hydroxylation is 1. The van der Waals surface area contributed by atoms with Crippen molar-refractivity contribution in [1.82, 2.24) is 4.90 Å². The van der Waals surface area contributed by atoms with Crippen LogP contribution in [-0.4, -0.2) is 43.3 Å². The summed E-state index contributed by atoms with van der Waals surface area (Å²) in [7, 11) is 1.60. The molecule has 1 aliphatic heterocycles. The Hall–Kier alpha value is -1.75. The summed E-state index contributed by atoms with van der Waals surface area (Å²) in [6.07, 6.45) is 0.0504. The Bertz CT molecular complexity index is 490. The predicted octanol–water partition coefficient (Wildman–Crippen LogP) is 2.64. The Morgan fingerprint density at radius 2 is 2.20 bits per heavy atom. The number of ether oxygens (including phenoxy) is 2. The fourth-order valence-electron chi connectivity index (χ4n) is 2.31. The number of nitrogens with zero attached hydrogens (tertiary/aromatic N) is 1. The molecule has 0 saturated carbocycles. The van der Waals surface area contributed by atoms with Crippen molar-refractivity contribution in [1.29, 1.82) is 0 Å². The van der Waals surface area contributed by atoms with E-state index in [0.717, 1.165) is 5.56 Å². The molecule has 1 saturated heterocycles. The van der Waals surface area contributed by atoms with Crippen LogP contribution in [0.3, 0.4) is 0 Å². The minimum absolute atomic E-state index is 0.0504. The van der Waals surface area contributed by atoms with Gasteiger partial charge in [0.05, 0.1) is 31.5 Å². The first kappa shape index (κ1) is 14.7. The summed E-state index contributed by atoms with van der Waals surface area (Å²) < 4.78 is 10.8. The van der Waals surface area contributed by atoms with Gasteiger partial charge in [-0.05, 0) is 38.5 Å². The number of benzene rings is 1. The molecule has 0 unspecified atom stereocenters. The van der Waals surface area contributed by atoms with Gasteiger partial charge in [-0.3, -0.25) is 0 Å². The number of urea groups is 1. The molecule has 1 aliphatic rings. The van der Waals surface area contributed by atoms with Gasteiger partial charge in [0.15, 0.2) is 0 Å². The van der Waals surface area contributed by atoms with Gasteiger partial charge in [0, 0.05) is 6.54 Å². The third-order valence-corrected chi connectivity index (χ3v) is 3.74. The van der Waals surface area contributed by atoms with Gasteiger partial charge in [-0.1, -0.05) is 6.07 Å². The van der Waals surface area contributed by atoms with E-state index in [2.05, 4.69) is 5.32 Å². The van der Waals surface area contributed by atoms with Crippen LogP contribution < -0.4 is 10.1 Å². The highest BCUT2D eigenvalue weighted by molar-refractivity contribution is 5.91. The highest BCUT2D eigenvalue weighted by Crippen LogP contribution is 2.26. The van der Waals surface area contributed by atoms with Crippen molar-refractivity contribution >= 4 is 11.7 Å². The molecule has 0 bridgehead atoms. The molecule has 0 aliphatic carbocycles. The molecule has 1 aromatic carbocycles. The number of carbonyl (C=O) groups is 1. The molecule has 2 amide bonds. The average molecular weight is 278 g/mol. The Labute approximate surface area is 119 Å². The van der Waals surface area contributed by atoms with Crippen molar-refractivity contribution < 1.29 is 14.3 Å². The molecular formula is C15H22N2O3. The summed E-state index contributed by atoms with van der Waals surface area (Å²) in [4.78, 5) is 14.2. The van der Waals surface area contributed by atoms with E-state index >= 15 is 0 Å². The van der Waals surface area contributed by atoms with E-state index in [4.69, 9.17) is 9.47 Å². The van der Waals surface area contributed by atoms with Crippen LogP contribution in [0.25, 0.3) is 0 Å². The lowest BCUT2D eigenvalue weighted by Crippen LogP contribution is -2.52. The Morgan fingerprint density at radius 1 is 1.45 bits per heavy atom. The molecule has 0 radical (unpaired) electrons. The van der Waals surface area contributed by atoms with Crippen molar-refractivity contribution in [2.75, 3.05) is 25.6 Å². The number of anilines is 1. The van der Waals surface area contributed by atoms with Crippen LogP contribution in [0.15, 0.2) is 18.2 Å². The quantitative estimate of drug-likeness (QED) is 0.904. The molecule has 2 rings (SSSR count). The van der Waals surface area contributed by atoms with Crippen molar-refractivity contribution in [2.45, 2.75) is 32.9 Å². The number of rotatable bonds is 2. The standard InChI is InChI=1S/C15H22N2O3/c1-10-5-6-13(14(9-10)19-4)16-15(18)17-7-8-20-12(3)11(17)2/h5-6,9,11-12H,7-8H2,1-4H3,(H,16,18)/t11-,12-/m1/s1. The van der Waals surface area contributed by atoms with Crippen molar-refractivity contribution in [3.05, 3.63) is 23.8 Å². The lowest BCUT2D eigenvalue weighted by atomic mass is 10.1. The number of methoxy groups -OCH3 is 1. The first-order valence-electron chi connectivity index (χ1n) is 6.86. The second-order valence-corrected chi connectivity index (χ2v) is 5.14. The number of morpholine rings is 1. The number of carbonyl (C=O) groups excluding carboxylic acids is 1. The molecule has 1 aromatic rings. The van der Waals surface area contributed by atoms with Gasteiger partial charge < -0.3 is 19.7 Å². The van der Waals surface area contributed by atoms with Crippen molar-refractivity contribution in [3.63, 3.8) is 0 Å². The van der Waals surface area contributed by atoms with Gasteiger partial charge in [0.25, 0.3) is 0 Å². The van der Waals surface area contributed by atoms with Crippen LogP contribution in [0.5, 0.6) is 5.75 Å². The average Bonchev–Trinajstić information content (AvgIpc) is 2.43. The number of amides is 2. The zero-order valence-corrected chi connectivity index (χ0v) is 12.5. The van der Waals surface area contributed by atoms with Crippen LogP contribution in [0.2, 0.25) is 0 Å². The van der Waals surface area contributed by atoms with Crippen molar-refractivity contribution in [3.8, 4) is 5.75 Å². The predicted molar refractivity (Wildman–Crippen MR) is 78.3 cm³/mol. The number of hydrogen-bond acceptors (Lipinski definition) is 3. The second-order valence-electron chi connectivity index (χ2n) is 5.14. The van der Waals surface area contributed by atoms with Crippen LogP contribution in [-0.2, 0) is 4.74 Å². The summed E-state index contributed by atoms with van der Waals surface area (Å²) in [5.41, 5.74) is 1.78. The van der Waals surface area contributed by atoms with Crippen molar-refractivity contribution in [2.24, 2.45) is 0 Å². The third kappa shape index (κ3) is 3.04. The van der Waals surface area contributed by atoms with Gasteiger partial charge in [0.1, 0.15) is 5.75 Å². The van der Waals surface area contributed by atoms with Crippen LogP contribution in [0, 0.1) is 6.92 Å². The second kappa shape index (κ2) is 6.13. The molecule has 0 aromatic heterocycles. The molecule has 20 heavy (non-hydrogen) atoms. The van der Waals surface area contributed by atoms with Gasteiger partial charge >= 0.3 is 6.03 Å². The summed E-state index contributed by atoms with van der Waals surface area (Å²) in [6, 6.07) is 5.65. The van der Waals surface area contributed by atoms with E-state index in [1.54, 1.807) is 12.0 Å². The van der Waals surface area contributed by atoms with Crippen LogP contribution in [0.4, 0.5) is 10.5 Å². The fourth-order valence-corrected chi connectivity index (χ4v) is 2.31. The minimum atomic E-state index is -0.116. The highest BCUT2D eigenvalue weighted by Gasteiger charge is 2.29. The first-order valence-corrected chi connectivity index (χ1v) is 6.86. The molecular weight excluding hydrogens is 256 g/mol. The normalized spacial score (nSPS) is 22.5. The maximum atomic E-state index is 12.4. The van der Waals surface area contributed by atoms with Gasteiger partial charge in [-0.2, -0.15) is 0 Å². The maximum absolute atomic E-state index is 12.4. The Morgan fingerprint density at radius 3 is 2.90 bits per heavy atom. The van der Waals surface area contributed by atoms with Gasteiger partial charge in [-0.25, -0.2) is 4.79 Å². The Balaban J connectivity index is 2.11. The maximum Gasteiger partial charge on any atom is 0.322 e. The number of hydrogen-bond donors (Lipinski definition) is 1. The van der Waals surface area contributed by atoms with E-state index in [9.17, 15) is 4.79 Å². The van der Waals surface area contributed by atoms with Crippen LogP contribution in [0.1, 0.15) is 19.4 Å². The summed E-state index contributed by atoms with van der Waals surface area (Å²) in [5, 5.41) is 2.92. The molecule has 110 valence electrons. The fraction of sp³-hybridized carbons (Fsp3) is 0.533. The Kier molecular flexibility index (Phi) is 4.49. The SMILES string of the molecule is COc1cc(C)ccc1NC(=O)N1CCO[C@H](C)[C@H]1C. The lowest BCUT2D eigenvalue weighted by molar-refractivity contribution is -0.0355. The topological polar surface area (TPSA) is 50.8 Å². The third-order valence-electron chi connectivity index (χ3n) is 3.74. The zero-order valence-electron chi connectivity index (χ0n) is 12.5. The van der Waals surface area contributed by atoms with E-state index in [0.29, 0.717) is 24.6 Å². The largest absolute Gasteiger partial charge is 0.495 e. The molecule has 1 N–H and O–H groups in total. The monoisotopic (exact) mass is 278 g/mol. The van der Waals surface area contributed by atoms with Crippen LogP contribution >= 0.6 is 0 Å². The molecule has 5 nitrogen and oxygen atoms in total. The molecule has 2 atom stereocenters. The molecule has 0 spiro atoms. The molecule has 1 heterocycles. The van der Waals surface area contributed by atoms with Gasteiger partial charge in [0.2, 0.25) is 0 Å². The summed E-state index contributed by atoms with van der Waals surface area (Å²) >= 11 is 0. The molecule has 5 heteroatoms. The summed E-state index contributed by atoms with van der Waals surface area (Å²) in [5.74, 6) is 0.673. The minimum Gasteiger partial charge on any atom is -0.495 e. The van der Waals surface area contributed by atoms with E-state index in [1.807, 2.05) is 39.0 Å². The van der Waals surface area contributed by atoms with E-state index < -0.39 is 0 Å². The van der Waals surface area contributed by atoms with E-state index in [1.165, 1.54) is 0 Å². The zero-order chi connectivity index (χ0) is 14.7. The highest BCUT2D eigenvalue weighted by atomic mass is 16.5. The smallest absolute Gasteiger partial charge is 0.322 e. The molecule has 1 fully saturated rings.